The molecule has 2 amide bonds. The number of nitroso groups, excluding NO2 is 1. The summed E-state index contributed by atoms with van der Waals surface area (Å²) in [4.78, 5) is 39.8. The summed E-state index contributed by atoms with van der Waals surface area (Å²) >= 11 is 1.53. The van der Waals surface area contributed by atoms with E-state index in [4.69, 9.17) is 0 Å². The van der Waals surface area contributed by atoms with Gasteiger partial charge in [0.05, 0.1) is 0 Å². The summed E-state index contributed by atoms with van der Waals surface area (Å²) in [5.74, 6) is -1.44. The summed E-state index contributed by atoms with van der Waals surface area (Å²) in [6.07, 6.45) is -9.12. The molecule has 0 bridgehead atoms. The first-order valence-electron chi connectivity index (χ1n) is 12.2. The summed E-state index contributed by atoms with van der Waals surface area (Å²) in [5.41, 5.74) is -5.10. The molecule has 6 nitrogen and oxygen atoms in total. The highest BCUT2D eigenvalue weighted by atomic mass is 32.2. The number of halogens is 7. The second-order valence-corrected chi connectivity index (χ2v) is 10.4. The number of fused-ring (bicyclic) bond motifs is 1. The number of rotatable bonds is 7. The van der Waals surface area contributed by atoms with Gasteiger partial charge in [0.1, 0.15) is 11.9 Å². The van der Waals surface area contributed by atoms with Gasteiger partial charge in [-0.2, -0.15) is 26.3 Å². The van der Waals surface area contributed by atoms with Crippen LogP contribution in [0.25, 0.3) is 11.1 Å². The Kier molecular flexibility index (Phi) is 8.40. The Hall–Kier alpha value is -3.94. The van der Waals surface area contributed by atoms with E-state index in [0.717, 1.165) is 33.6 Å². The summed E-state index contributed by atoms with van der Waals surface area (Å²) in [6.45, 7) is 0.297. The molecule has 0 spiro atoms. The Morgan fingerprint density at radius 3 is 2.17 bits per heavy atom. The maximum absolute atomic E-state index is 15.2. The molecule has 0 radical (unpaired) electrons. The average Bonchev–Trinajstić information content (AvgIpc) is 2.95. The Bertz CT molecular complexity index is 1500. The Balaban J connectivity index is 1.64. The van der Waals surface area contributed by atoms with Crippen molar-refractivity contribution in [2.24, 2.45) is 5.18 Å². The molecular formula is C28H22F7N3O3S. The quantitative estimate of drug-likeness (QED) is 0.124. The van der Waals surface area contributed by atoms with Crippen molar-refractivity contribution in [3.63, 3.8) is 0 Å². The lowest BCUT2D eigenvalue weighted by atomic mass is 9.88. The lowest BCUT2D eigenvalue weighted by molar-refractivity contribution is -0.301. The number of anilines is 1. The molecule has 0 aromatic heterocycles. The smallest absolute Gasteiger partial charge is 0.329 e. The average molecular weight is 614 g/mol. The van der Waals surface area contributed by atoms with Crippen molar-refractivity contribution in [1.29, 1.82) is 0 Å². The molecule has 1 unspecified atom stereocenters. The van der Waals surface area contributed by atoms with Gasteiger partial charge in [0.2, 0.25) is 6.41 Å². The van der Waals surface area contributed by atoms with Crippen LogP contribution in [0.15, 0.2) is 70.7 Å². The number of thioether (sulfide) groups is 1. The third-order valence-corrected chi connectivity index (χ3v) is 7.95. The number of carbonyl (C=O) groups is 2. The lowest BCUT2D eigenvalue weighted by Crippen LogP contribution is -2.52. The first-order chi connectivity index (χ1) is 19.7. The van der Waals surface area contributed by atoms with Crippen molar-refractivity contribution in [1.82, 2.24) is 4.90 Å². The van der Waals surface area contributed by atoms with E-state index in [9.17, 15) is 40.8 Å². The Morgan fingerprint density at radius 2 is 1.64 bits per heavy atom. The monoisotopic (exact) mass is 613 g/mol. The zero-order valence-corrected chi connectivity index (χ0v) is 22.8. The fraction of sp³-hybridized carbons (Fsp3) is 0.286. The standard InChI is InChI=1S/C28H22F7N3O3S/c1-37(25(40)24-22-10-8-20(42-2)13-17(22)11-12-38(24)15-39)19-7-9-21(23(29)14-19)16-3-5-18(6-4-16)26(36-41,27(30,31)32)28(33,34)35/h3-10,13-15,24H,11-12H2,1-2H3. The molecule has 0 fully saturated rings. The van der Waals surface area contributed by atoms with Crippen LogP contribution in [0.4, 0.5) is 36.4 Å². The Labute approximate surface area is 239 Å². The predicted molar refractivity (Wildman–Crippen MR) is 142 cm³/mol. The minimum Gasteiger partial charge on any atom is -0.329 e. The SMILES string of the molecule is CSc1ccc2c(c1)CCN(C=O)C2C(=O)N(C)c1ccc(-c2ccc(C(N=O)(C(F)(F)F)C(F)(F)F)cc2)c(F)c1. The highest BCUT2D eigenvalue weighted by molar-refractivity contribution is 7.98. The fourth-order valence-electron chi connectivity index (χ4n) is 4.93. The van der Waals surface area contributed by atoms with E-state index in [1.165, 1.54) is 41.0 Å². The van der Waals surface area contributed by atoms with Crippen molar-refractivity contribution in [3.8, 4) is 11.1 Å². The number of benzene rings is 3. The molecular weight excluding hydrogens is 591 g/mol. The van der Waals surface area contributed by atoms with Gasteiger partial charge in [0.15, 0.2) is 0 Å². The molecule has 4 rings (SSSR count). The van der Waals surface area contributed by atoms with Crippen molar-refractivity contribution in [3.05, 3.63) is 88.1 Å². The Morgan fingerprint density at radius 1 is 1.00 bits per heavy atom. The molecule has 3 aromatic rings. The van der Waals surface area contributed by atoms with Gasteiger partial charge in [-0.3, -0.25) is 9.59 Å². The van der Waals surface area contributed by atoms with E-state index in [-0.39, 0.29) is 16.8 Å². The number of amides is 2. The third-order valence-electron chi connectivity index (χ3n) is 7.23. The summed E-state index contributed by atoms with van der Waals surface area (Å²) < 4.78 is 95.6. The molecule has 14 heteroatoms. The normalized spacial score (nSPS) is 15.6. The van der Waals surface area contributed by atoms with Gasteiger partial charge in [0, 0.05) is 35.3 Å². The number of alkyl halides is 6. The summed E-state index contributed by atoms with van der Waals surface area (Å²) in [5, 5.41) is 1.43. The minimum atomic E-state index is -6.08. The van der Waals surface area contributed by atoms with Gasteiger partial charge >= 0.3 is 17.9 Å². The van der Waals surface area contributed by atoms with Crippen molar-refractivity contribution in [2.75, 3.05) is 24.7 Å². The number of likely N-dealkylation sites (N-methyl/N-ethyl adjacent to an activating group) is 1. The zero-order valence-electron chi connectivity index (χ0n) is 22.0. The van der Waals surface area contributed by atoms with E-state index < -0.39 is 41.2 Å². The second-order valence-electron chi connectivity index (χ2n) is 9.50. The van der Waals surface area contributed by atoms with Crippen LogP contribution in [-0.4, -0.2) is 49.4 Å². The van der Waals surface area contributed by atoms with E-state index in [1.807, 2.05) is 18.4 Å². The van der Waals surface area contributed by atoms with Gasteiger partial charge in [-0.1, -0.05) is 30.3 Å². The molecule has 0 saturated heterocycles. The topological polar surface area (TPSA) is 70.1 Å². The van der Waals surface area contributed by atoms with E-state index in [0.29, 0.717) is 37.1 Å². The maximum atomic E-state index is 15.2. The minimum absolute atomic E-state index is 0.0844. The van der Waals surface area contributed by atoms with Crippen LogP contribution in [0.2, 0.25) is 0 Å². The number of carbonyl (C=O) groups excluding carboxylic acids is 2. The molecule has 1 aliphatic heterocycles. The van der Waals surface area contributed by atoms with Crippen LogP contribution in [-0.2, 0) is 21.5 Å². The van der Waals surface area contributed by atoms with Crippen molar-refractivity contribution >= 4 is 29.8 Å². The van der Waals surface area contributed by atoms with E-state index in [2.05, 4.69) is 0 Å². The fourth-order valence-corrected chi connectivity index (χ4v) is 5.39. The molecule has 1 atom stereocenters. The molecule has 0 saturated carbocycles. The highest BCUT2D eigenvalue weighted by Crippen LogP contribution is 2.53. The van der Waals surface area contributed by atoms with Crippen molar-refractivity contribution in [2.45, 2.75) is 35.2 Å². The number of hydrogen-bond acceptors (Lipinski definition) is 5. The van der Waals surface area contributed by atoms with Crippen LogP contribution >= 0.6 is 11.8 Å². The highest BCUT2D eigenvalue weighted by Gasteiger charge is 2.74. The van der Waals surface area contributed by atoms with Gasteiger partial charge in [-0.05, 0) is 64.9 Å². The predicted octanol–water partition coefficient (Wildman–Crippen LogP) is 7.02. The first-order valence-corrected chi connectivity index (χ1v) is 13.5. The lowest BCUT2D eigenvalue weighted by Gasteiger charge is -2.36. The molecule has 42 heavy (non-hydrogen) atoms. The van der Waals surface area contributed by atoms with Crippen LogP contribution in [0.3, 0.4) is 0 Å². The molecule has 1 heterocycles. The van der Waals surface area contributed by atoms with Crippen LogP contribution in [0, 0.1) is 10.7 Å². The molecule has 0 N–H and O–H groups in total. The van der Waals surface area contributed by atoms with Gasteiger partial charge in [-0.15, -0.1) is 16.7 Å². The molecule has 1 aliphatic rings. The van der Waals surface area contributed by atoms with Crippen LogP contribution < -0.4 is 4.90 Å². The van der Waals surface area contributed by atoms with Gasteiger partial charge in [-0.25, -0.2) is 4.39 Å². The zero-order chi connectivity index (χ0) is 31.0. The van der Waals surface area contributed by atoms with E-state index >= 15 is 4.39 Å². The third kappa shape index (κ3) is 5.23. The molecule has 222 valence electrons. The van der Waals surface area contributed by atoms with Crippen LogP contribution in [0.1, 0.15) is 22.7 Å². The number of hydrogen-bond donors (Lipinski definition) is 0. The van der Waals surface area contributed by atoms with E-state index in [1.54, 1.807) is 6.07 Å². The van der Waals surface area contributed by atoms with Gasteiger partial charge in [0.25, 0.3) is 5.91 Å². The van der Waals surface area contributed by atoms with Crippen molar-refractivity contribution < 1.29 is 40.3 Å². The molecule has 0 aliphatic carbocycles. The summed E-state index contributed by atoms with van der Waals surface area (Å²) in [7, 11) is 1.39. The second kappa shape index (κ2) is 11.4. The summed E-state index contributed by atoms with van der Waals surface area (Å²) in [6, 6.07) is 10.6. The maximum Gasteiger partial charge on any atom is 0.430 e. The van der Waals surface area contributed by atoms with Gasteiger partial charge < -0.3 is 9.80 Å². The number of nitrogens with zero attached hydrogens (tertiary/aromatic N) is 3. The van der Waals surface area contributed by atoms with Crippen LogP contribution in [0.5, 0.6) is 0 Å². The molecule has 3 aromatic carbocycles. The first kappa shape index (κ1) is 31.0. The largest absolute Gasteiger partial charge is 0.430 e.